The second kappa shape index (κ2) is 5.33. The van der Waals surface area contributed by atoms with E-state index in [-0.39, 0.29) is 6.04 Å². The largest absolute Gasteiger partial charge is 0.327 e. The summed E-state index contributed by atoms with van der Waals surface area (Å²) in [4.78, 5) is 9.16. The Kier molecular flexibility index (Phi) is 3.51. The fraction of sp³-hybridized carbons (Fsp3) is 0.375. The molecule has 0 radical (unpaired) electrons. The van der Waals surface area contributed by atoms with Crippen LogP contribution in [0.3, 0.4) is 0 Å². The molecular weight excluding hydrogens is 262 g/mol. The van der Waals surface area contributed by atoms with Crippen molar-refractivity contribution in [1.29, 1.82) is 0 Å². The van der Waals surface area contributed by atoms with E-state index >= 15 is 0 Å². The van der Waals surface area contributed by atoms with Gasteiger partial charge in [-0.1, -0.05) is 13.0 Å². The molecule has 0 aliphatic rings. The van der Waals surface area contributed by atoms with Crippen LogP contribution in [-0.2, 0) is 6.42 Å². The van der Waals surface area contributed by atoms with E-state index in [1.165, 1.54) is 0 Å². The number of nitrogens with two attached hydrogens (primary N) is 1. The monoisotopic (exact) mass is 283 g/mol. The maximum Gasteiger partial charge on any atom is 0.160 e. The van der Waals surface area contributed by atoms with Crippen LogP contribution in [-0.4, -0.2) is 25.0 Å². The van der Waals surface area contributed by atoms with Crippen LogP contribution >= 0.6 is 0 Å². The molecule has 3 aromatic heterocycles. The topological polar surface area (TPSA) is 61.1 Å². The summed E-state index contributed by atoms with van der Waals surface area (Å²) in [7, 11) is 0. The second-order valence-electron chi connectivity index (χ2n) is 5.47. The predicted octanol–water partition coefficient (Wildman–Crippen LogP) is 2.42. The Hall–Kier alpha value is -2.14. The van der Waals surface area contributed by atoms with E-state index in [9.17, 15) is 0 Å². The van der Waals surface area contributed by atoms with Crippen LogP contribution < -0.4 is 5.73 Å². The Bertz CT molecular complexity index is 768. The van der Waals surface area contributed by atoms with Gasteiger partial charge >= 0.3 is 0 Å². The van der Waals surface area contributed by atoms with Gasteiger partial charge in [0.05, 0.1) is 11.4 Å². The lowest BCUT2D eigenvalue weighted by molar-refractivity contribution is 0.631. The third-order valence-electron chi connectivity index (χ3n) is 4.07. The Morgan fingerprint density at radius 1 is 1.29 bits per heavy atom. The maximum atomic E-state index is 6.18. The van der Waals surface area contributed by atoms with Crippen molar-refractivity contribution in [3.05, 3.63) is 47.8 Å². The van der Waals surface area contributed by atoms with Crippen LogP contribution in [0.2, 0.25) is 0 Å². The van der Waals surface area contributed by atoms with Gasteiger partial charge in [0.1, 0.15) is 12.0 Å². The summed E-state index contributed by atoms with van der Waals surface area (Å²) >= 11 is 0. The summed E-state index contributed by atoms with van der Waals surface area (Å²) in [6, 6.07) is 6.17. The van der Waals surface area contributed by atoms with Crippen molar-refractivity contribution >= 4 is 5.65 Å². The summed E-state index contributed by atoms with van der Waals surface area (Å²) in [5.41, 5.74) is 10.4. The van der Waals surface area contributed by atoms with E-state index in [0.29, 0.717) is 0 Å². The number of rotatable bonds is 4. The zero-order valence-electron chi connectivity index (χ0n) is 12.7. The van der Waals surface area contributed by atoms with Gasteiger partial charge in [0.25, 0.3) is 0 Å². The predicted molar refractivity (Wildman–Crippen MR) is 83.8 cm³/mol. The highest BCUT2D eigenvalue weighted by atomic mass is 15.2. The molecule has 0 fully saturated rings. The molecule has 1 atom stereocenters. The molecule has 0 saturated heterocycles. The van der Waals surface area contributed by atoms with Gasteiger partial charge in [-0.15, -0.1) is 0 Å². The van der Waals surface area contributed by atoms with Crippen LogP contribution in [0, 0.1) is 13.8 Å². The fourth-order valence-electron chi connectivity index (χ4n) is 2.52. The average molecular weight is 283 g/mol. The van der Waals surface area contributed by atoms with E-state index in [4.69, 9.17) is 10.7 Å². The zero-order chi connectivity index (χ0) is 15.0. The van der Waals surface area contributed by atoms with Crippen molar-refractivity contribution in [2.24, 2.45) is 5.73 Å². The molecule has 0 saturated carbocycles. The molecule has 0 spiro atoms. The molecule has 3 aromatic rings. The SMILES string of the molecule is CCC(N)Cc1c(-n2cnc(C)c2C)nc2ccccn12. The van der Waals surface area contributed by atoms with E-state index in [1.54, 1.807) is 0 Å². The van der Waals surface area contributed by atoms with E-state index < -0.39 is 0 Å². The first-order valence-corrected chi connectivity index (χ1v) is 7.34. The number of imidazole rings is 2. The zero-order valence-corrected chi connectivity index (χ0v) is 12.7. The Balaban J connectivity index is 2.21. The van der Waals surface area contributed by atoms with Crippen molar-refractivity contribution in [1.82, 2.24) is 18.9 Å². The third kappa shape index (κ3) is 2.34. The van der Waals surface area contributed by atoms with Crippen molar-refractivity contribution in [3.8, 4) is 5.82 Å². The number of hydrogen-bond donors (Lipinski definition) is 1. The summed E-state index contributed by atoms with van der Waals surface area (Å²) in [6.07, 6.45) is 5.63. The Morgan fingerprint density at radius 2 is 2.10 bits per heavy atom. The van der Waals surface area contributed by atoms with Crippen LogP contribution in [0.1, 0.15) is 30.4 Å². The van der Waals surface area contributed by atoms with Crippen LogP contribution in [0.5, 0.6) is 0 Å². The minimum absolute atomic E-state index is 0.133. The molecule has 5 heteroatoms. The summed E-state index contributed by atoms with van der Waals surface area (Å²) in [6.45, 7) is 6.19. The van der Waals surface area contributed by atoms with Crippen LogP contribution in [0.15, 0.2) is 30.7 Å². The number of fused-ring (bicyclic) bond motifs is 1. The highest BCUT2D eigenvalue weighted by Gasteiger charge is 2.17. The minimum atomic E-state index is 0.133. The number of aryl methyl sites for hydroxylation is 1. The molecular formula is C16H21N5. The standard InChI is InChI=1S/C16H21N5/c1-4-13(17)9-14-16(21-10-18-11(2)12(21)3)19-15-7-5-6-8-20(14)15/h5-8,10,13H,4,9,17H2,1-3H3. The van der Waals surface area contributed by atoms with Gasteiger partial charge < -0.3 is 10.1 Å². The molecule has 1 unspecified atom stereocenters. The molecule has 21 heavy (non-hydrogen) atoms. The lowest BCUT2D eigenvalue weighted by atomic mass is 10.1. The molecule has 2 N–H and O–H groups in total. The number of hydrogen-bond acceptors (Lipinski definition) is 3. The quantitative estimate of drug-likeness (QED) is 0.800. The molecule has 0 aliphatic heterocycles. The van der Waals surface area contributed by atoms with E-state index in [2.05, 4.69) is 27.8 Å². The van der Waals surface area contributed by atoms with E-state index in [1.807, 2.05) is 37.6 Å². The van der Waals surface area contributed by atoms with Gasteiger partial charge in [-0.25, -0.2) is 9.97 Å². The molecule has 110 valence electrons. The fourth-order valence-corrected chi connectivity index (χ4v) is 2.52. The van der Waals surface area contributed by atoms with Gasteiger partial charge in [-0.3, -0.25) is 4.57 Å². The number of pyridine rings is 1. The highest BCUT2D eigenvalue weighted by Crippen LogP contribution is 2.21. The molecule has 3 rings (SSSR count). The van der Waals surface area contributed by atoms with E-state index in [0.717, 1.165) is 41.4 Å². The number of aromatic nitrogens is 4. The van der Waals surface area contributed by atoms with Gasteiger partial charge in [-0.05, 0) is 32.4 Å². The van der Waals surface area contributed by atoms with Gasteiger partial charge in [0.2, 0.25) is 0 Å². The first-order chi connectivity index (χ1) is 10.1. The molecule has 0 bridgehead atoms. The smallest absolute Gasteiger partial charge is 0.160 e. The maximum absolute atomic E-state index is 6.18. The lowest BCUT2D eigenvalue weighted by Crippen LogP contribution is -2.23. The molecule has 0 aliphatic carbocycles. The summed E-state index contributed by atoms with van der Waals surface area (Å²) in [5, 5.41) is 0. The van der Waals surface area contributed by atoms with Crippen LogP contribution in [0.4, 0.5) is 0 Å². The Labute approximate surface area is 124 Å². The normalized spacial score (nSPS) is 13.0. The summed E-state index contributed by atoms with van der Waals surface area (Å²) < 4.78 is 4.18. The van der Waals surface area contributed by atoms with Crippen molar-refractivity contribution in [2.45, 2.75) is 39.7 Å². The van der Waals surface area contributed by atoms with Crippen molar-refractivity contribution in [2.75, 3.05) is 0 Å². The van der Waals surface area contributed by atoms with Gasteiger partial charge in [0, 0.05) is 24.4 Å². The molecule has 0 amide bonds. The highest BCUT2D eigenvalue weighted by molar-refractivity contribution is 5.49. The average Bonchev–Trinajstić information content (AvgIpc) is 3.01. The Morgan fingerprint density at radius 3 is 2.76 bits per heavy atom. The first-order valence-electron chi connectivity index (χ1n) is 7.34. The second-order valence-corrected chi connectivity index (χ2v) is 5.47. The van der Waals surface area contributed by atoms with Crippen molar-refractivity contribution < 1.29 is 0 Å². The van der Waals surface area contributed by atoms with Crippen LogP contribution in [0.25, 0.3) is 11.5 Å². The molecule has 5 nitrogen and oxygen atoms in total. The third-order valence-corrected chi connectivity index (χ3v) is 4.07. The first kappa shape index (κ1) is 13.8. The van der Waals surface area contributed by atoms with Gasteiger partial charge in [-0.2, -0.15) is 0 Å². The van der Waals surface area contributed by atoms with Gasteiger partial charge in [0.15, 0.2) is 5.82 Å². The molecule has 0 aromatic carbocycles. The molecule has 3 heterocycles. The number of nitrogens with zero attached hydrogens (tertiary/aromatic N) is 4. The van der Waals surface area contributed by atoms with Crippen molar-refractivity contribution in [3.63, 3.8) is 0 Å². The minimum Gasteiger partial charge on any atom is -0.327 e. The summed E-state index contributed by atoms with van der Waals surface area (Å²) in [5.74, 6) is 0.934. The lowest BCUT2D eigenvalue weighted by Gasteiger charge is -2.11.